The SMILES string of the molecule is COc1ccc(-n2c(=O)cc(C(F)(F)c3ccccc3)[nH]c2=O)cc1. The summed E-state index contributed by atoms with van der Waals surface area (Å²) in [5.74, 6) is -2.95. The molecule has 128 valence electrons. The Balaban J connectivity index is 2.09. The van der Waals surface area contributed by atoms with Crippen LogP contribution >= 0.6 is 0 Å². The molecule has 0 unspecified atom stereocenters. The van der Waals surface area contributed by atoms with Crippen molar-refractivity contribution in [2.24, 2.45) is 0 Å². The Morgan fingerprint density at radius 2 is 1.64 bits per heavy atom. The molecule has 2 aromatic carbocycles. The number of nitrogens with one attached hydrogen (secondary N) is 1. The van der Waals surface area contributed by atoms with Crippen LogP contribution in [0.1, 0.15) is 11.3 Å². The van der Waals surface area contributed by atoms with Gasteiger partial charge in [-0.1, -0.05) is 30.3 Å². The van der Waals surface area contributed by atoms with Gasteiger partial charge in [-0.2, -0.15) is 8.78 Å². The molecule has 1 N–H and O–H groups in total. The Hall–Kier alpha value is -3.22. The standard InChI is InChI=1S/C18H14F2N2O3/c1-25-14-9-7-13(8-10-14)22-16(23)11-15(21-17(22)24)18(19,20)12-5-3-2-4-6-12/h2-11H,1H3,(H,21,24). The van der Waals surface area contributed by atoms with Gasteiger partial charge in [0.25, 0.3) is 5.56 Å². The molecule has 0 amide bonds. The number of hydrogen-bond donors (Lipinski definition) is 1. The molecule has 0 aliphatic heterocycles. The summed E-state index contributed by atoms with van der Waals surface area (Å²) >= 11 is 0. The lowest BCUT2D eigenvalue weighted by atomic mass is 10.1. The van der Waals surface area contributed by atoms with Gasteiger partial charge in [-0.15, -0.1) is 0 Å². The number of halogens is 2. The van der Waals surface area contributed by atoms with E-state index in [-0.39, 0.29) is 11.3 Å². The summed E-state index contributed by atoms with van der Waals surface area (Å²) in [4.78, 5) is 26.6. The summed E-state index contributed by atoms with van der Waals surface area (Å²) < 4.78 is 34.9. The number of rotatable bonds is 4. The van der Waals surface area contributed by atoms with E-state index < -0.39 is 22.9 Å². The van der Waals surface area contributed by atoms with Crippen LogP contribution < -0.4 is 16.0 Å². The highest BCUT2D eigenvalue weighted by molar-refractivity contribution is 5.38. The van der Waals surface area contributed by atoms with Crippen LogP contribution in [-0.4, -0.2) is 16.7 Å². The molecule has 3 rings (SSSR count). The van der Waals surface area contributed by atoms with E-state index in [2.05, 4.69) is 4.98 Å². The number of benzene rings is 2. The van der Waals surface area contributed by atoms with Gasteiger partial charge in [-0.25, -0.2) is 9.36 Å². The third-order valence-electron chi connectivity index (χ3n) is 3.74. The van der Waals surface area contributed by atoms with E-state index in [4.69, 9.17) is 4.74 Å². The van der Waals surface area contributed by atoms with Crippen molar-refractivity contribution in [2.45, 2.75) is 5.92 Å². The van der Waals surface area contributed by atoms with E-state index in [0.29, 0.717) is 5.75 Å². The zero-order chi connectivity index (χ0) is 18.0. The molecular formula is C18H14F2N2O3. The average molecular weight is 344 g/mol. The third-order valence-corrected chi connectivity index (χ3v) is 3.74. The van der Waals surface area contributed by atoms with Gasteiger partial charge in [0.15, 0.2) is 0 Å². The monoisotopic (exact) mass is 344 g/mol. The van der Waals surface area contributed by atoms with E-state index >= 15 is 0 Å². The van der Waals surface area contributed by atoms with E-state index in [1.807, 2.05) is 0 Å². The Morgan fingerprint density at radius 3 is 2.20 bits per heavy atom. The summed E-state index contributed by atoms with van der Waals surface area (Å²) in [5.41, 5.74) is -2.60. The normalized spacial score (nSPS) is 11.3. The first-order chi connectivity index (χ1) is 11.9. The van der Waals surface area contributed by atoms with E-state index in [1.165, 1.54) is 43.5 Å². The van der Waals surface area contributed by atoms with Gasteiger partial charge in [-0.3, -0.25) is 4.79 Å². The fraction of sp³-hybridized carbons (Fsp3) is 0.111. The first-order valence-corrected chi connectivity index (χ1v) is 7.38. The van der Waals surface area contributed by atoms with Gasteiger partial charge in [0, 0.05) is 11.6 Å². The molecule has 0 atom stereocenters. The quantitative estimate of drug-likeness (QED) is 0.791. The molecule has 7 heteroatoms. The molecule has 0 spiro atoms. The minimum Gasteiger partial charge on any atom is -0.497 e. The van der Waals surface area contributed by atoms with Crippen molar-refractivity contribution >= 4 is 0 Å². The number of methoxy groups -OCH3 is 1. The number of aromatic nitrogens is 2. The molecule has 0 aliphatic rings. The van der Waals surface area contributed by atoms with E-state index in [0.717, 1.165) is 10.6 Å². The predicted octanol–water partition coefficient (Wildman–Crippen LogP) is 2.67. The second-order valence-electron chi connectivity index (χ2n) is 5.30. The fourth-order valence-corrected chi connectivity index (χ4v) is 2.44. The van der Waals surface area contributed by atoms with E-state index in [9.17, 15) is 18.4 Å². The second-order valence-corrected chi connectivity index (χ2v) is 5.30. The van der Waals surface area contributed by atoms with Crippen molar-refractivity contribution in [3.05, 3.63) is 92.8 Å². The molecule has 5 nitrogen and oxygen atoms in total. The van der Waals surface area contributed by atoms with Gasteiger partial charge >= 0.3 is 11.6 Å². The molecule has 25 heavy (non-hydrogen) atoms. The molecule has 0 fully saturated rings. The molecule has 1 heterocycles. The van der Waals surface area contributed by atoms with Crippen LogP contribution in [0.4, 0.5) is 8.78 Å². The molecule has 0 aliphatic carbocycles. The van der Waals surface area contributed by atoms with Crippen molar-refractivity contribution in [1.82, 2.24) is 9.55 Å². The van der Waals surface area contributed by atoms with Crippen molar-refractivity contribution in [1.29, 1.82) is 0 Å². The van der Waals surface area contributed by atoms with Gasteiger partial charge in [0.2, 0.25) is 0 Å². The molecule has 1 aromatic heterocycles. The van der Waals surface area contributed by atoms with Crippen LogP contribution in [-0.2, 0) is 5.92 Å². The number of hydrogen-bond acceptors (Lipinski definition) is 3. The highest BCUT2D eigenvalue weighted by Gasteiger charge is 2.35. The minimum absolute atomic E-state index is 0.252. The highest BCUT2D eigenvalue weighted by Crippen LogP contribution is 2.33. The molecular weight excluding hydrogens is 330 g/mol. The van der Waals surface area contributed by atoms with Crippen LogP contribution in [0.5, 0.6) is 5.75 Å². The lowest BCUT2D eigenvalue weighted by molar-refractivity contribution is 0.0373. The topological polar surface area (TPSA) is 64.1 Å². The van der Waals surface area contributed by atoms with Gasteiger partial charge in [0.1, 0.15) is 5.75 Å². The maximum Gasteiger partial charge on any atom is 0.333 e. The van der Waals surface area contributed by atoms with Crippen LogP contribution in [0.25, 0.3) is 5.69 Å². The smallest absolute Gasteiger partial charge is 0.333 e. The fourth-order valence-electron chi connectivity index (χ4n) is 2.44. The number of ether oxygens (including phenoxy) is 1. The number of H-pyrrole nitrogens is 1. The lowest BCUT2D eigenvalue weighted by Gasteiger charge is -2.17. The summed E-state index contributed by atoms with van der Waals surface area (Å²) in [6, 6.07) is 13.8. The Kier molecular flexibility index (Phi) is 4.22. The third kappa shape index (κ3) is 3.08. The van der Waals surface area contributed by atoms with Gasteiger partial charge in [-0.05, 0) is 24.3 Å². The van der Waals surface area contributed by atoms with Crippen molar-refractivity contribution in [3.63, 3.8) is 0 Å². The number of alkyl halides is 2. The summed E-state index contributed by atoms with van der Waals surface area (Å²) in [6.45, 7) is 0. The van der Waals surface area contributed by atoms with Crippen LogP contribution in [0.3, 0.4) is 0 Å². The zero-order valence-electron chi connectivity index (χ0n) is 13.2. The number of nitrogens with zero attached hydrogens (tertiary/aromatic N) is 1. The molecule has 0 saturated carbocycles. The highest BCUT2D eigenvalue weighted by atomic mass is 19.3. The first-order valence-electron chi connectivity index (χ1n) is 7.38. The van der Waals surface area contributed by atoms with Crippen LogP contribution in [0, 0.1) is 0 Å². The summed E-state index contributed by atoms with van der Waals surface area (Å²) in [6.07, 6.45) is 0. The van der Waals surface area contributed by atoms with Gasteiger partial charge < -0.3 is 9.72 Å². The number of aromatic amines is 1. The Labute approximate surface area is 141 Å². The second kappa shape index (κ2) is 6.35. The van der Waals surface area contributed by atoms with Crippen molar-refractivity contribution in [2.75, 3.05) is 7.11 Å². The van der Waals surface area contributed by atoms with Crippen molar-refractivity contribution in [3.8, 4) is 11.4 Å². The van der Waals surface area contributed by atoms with E-state index in [1.54, 1.807) is 18.2 Å². The first kappa shape index (κ1) is 16.6. The average Bonchev–Trinajstić information content (AvgIpc) is 2.62. The minimum atomic E-state index is -3.49. The molecule has 3 aromatic rings. The predicted molar refractivity (Wildman–Crippen MR) is 88.6 cm³/mol. The largest absolute Gasteiger partial charge is 0.497 e. The van der Waals surface area contributed by atoms with Gasteiger partial charge in [0.05, 0.1) is 18.5 Å². The summed E-state index contributed by atoms with van der Waals surface area (Å²) in [7, 11) is 1.48. The zero-order valence-corrected chi connectivity index (χ0v) is 13.2. The maximum atomic E-state index is 14.5. The lowest BCUT2D eigenvalue weighted by Crippen LogP contribution is -2.36. The molecule has 0 bridgehead atoms. The Morgan fingerprint density at radius 1 is 1.00 bits per heavy atom. The Bertz CT molecular complexity index is 962. The van der Waals surface area contributed by atoms with Crippen LogP contribution in [0.2, 0.25) is 0 Å². The molecule has 0 saturated heterocycles. The summed E-state index contributed by atoms with van der Waals surface area (Å²) in [5, 5.41) is 0. The molecule has 0 radical (unpaired) electrons. The maximum absolute atomic E-state index is 14.5. The van der Waals surface area contributed by atoms with Crippen molar-refractivity contribution < 1.29 is 13.5 Å². The van der Waals surface area contributed by atoms with Crippen LogP contribution in [0.15, 0.2) is 70.3 Å².